The fourth-order valence-electron chi connectivity index (χ4n) is 2.27. The molecule has 0 aliphatic heterocycles. The van der Waals surface area contributed by atoms with Gasteiger partial charge in [-0.3, -0.25) is 9.59 Å². The molecule has 0 atom stereocenters. The molecule has 0 aliphatic carbocycles. The number of carbonyl (C=O) groups is 2. The summed E-state index contributed by atoms with van der Waals surface area (Å²) in [7, 11) is 3.25. The van der Waals surface area contributed by atoms with E-state index >= 15 is 0 Å². The minimum Gasteiger partial charge on any atom is -0.490 e. The fourth-order valence-corrected chi connectivity index (χ4v) is 2.84. The summed E-state index contributed by atoms with van der Waals surface area (Å²) in [6, 6.07) is 6.31. The third-order valence-electron chi connectivity index (χ3n) is 3.80. The van der Waals surface area contributed by atoms with Gasteiger partial charge in [-0.05, 0) is 64.8 Å². The van der Waals surface area contributed by atoms with Gasteiger partial charge < -0.3 is 14.4 Å². The maximum absolute atomic E-state index is 13.3. The average Bonchev–Trinajstić information content (AvgIpc) is 2.67. The van der Waals surface area contributed by atoms with Gasteiger partial charge in [-0.1, -0.05) is 6.08 Å². The number of ketones is 1. The lowest BCUT2D eigenvalue weighted by Gasteiger charge is -2.16. The molecule has 5 nitrogen and oxygen atoms in total. The smallest absolute Gasteiger partial charge is 0.259 e. The lowest BCUT2D eigenvalue weighted by molar-refractivity contribution is -0.130. The van der Waals surface area contributed by atoms with Gasteiger partial charge in [0.1, 0.15) is 0 Å². The van der Waals surface area contributed by atoms with Gasteiger partial charge in [-0.2, -0.15) is 0 Å². The van der Waals surface area contributed by atoms with Crippen molar-refractivity contribution in [2.45, 2.75) is 6.92 Å². The van der Waals surface area contributed by atoms with Gasteiger partial charge in [-0.15, -0.1) is 0 Å². The number of hydrogen-bond acceptors (Lipinski definition) is 4. The molecular formula is C21H20BrF2NO4. The molecule has 2 aromatic rings. The minimum absolute atomic E-state index is 0.0337. The number of hydrogen-bond donors (Lipinski definition) is 0. The number of carbonyl (C=O) groups excluding carboxylic acids is 2. The van der Waals surface area contributed by atoms with Crippen LogP contribution in [0, 0.1) is 11.6 Å². The normalized spacial score (nSPS) is 10.8. The number of amides is 1. The van der Waals surface area contributed by atoms with Crippen LogP contribution in [0.1, 0.15) is 22.8 Å². The zero-order chi connectivity index (χ0) is 21.6. The molecule has 0 unspecified atom stereocenters. The Morgan fingerprint density at radius 1 is 1.10 bits per heavy atom. The highest BCUT2D eigenvalue weighted by atomic mass is 79.9. The fraction of sp³-hybridized carbons (Fsp3) is 0.238. The molecule has 8 heteroatoms. The summed E-state index contributed by atoms with van der Waals surface area (Å²) in [5.74, 6) is -2.02. The molecular weight excluding hydrogens is 448 g/mol. The van der Waals surface area contributed by atoms with Crippen molar-refractivity contribution in [2.24, 2.45) is 0 Å². The van der Waals surface area contributed by atoms with E-state index in [0.29, 0.717) is 28.1 Å². The largest absolute Gasteiger partial charge is 0.490 e. The van der Waals surface area contributed by atoms with Crippen LogP contribution in [0.5, 0.6) is 11.5 Å². The van der Waals surface area contributed by atoms with E-state index in [-0.39, 0.29) is 18.1 Å². The van der Waals surface area contributed by atoms with Gasteiger partial charge in [0.15, 0.2) is 35.5 Å². The van der Waals surface area contributed by atoms with E-state index in [4.69, 9.17) is 9.47 Å². The quantitative estimate of drug-likeness (QED) is 0.423. The number of nitrogens with zero attached hydrogens (tertiary/aromatic N) is 1. The monoisotopic (exact) mass is 467 g/mol. The van der Waals surface area contributed by atoms with Gasteiger partial charge in [0.05, 0.1) is 11.1 Å². The Labute approximate surface area is 176 Å². The average molecular weight is 468 g/mol. The van der Waals surface area contributed by atoms with Gasteiger partial charge in [0.2, 0.25) is 0 Å². The van der Waals surface area contributed by atoms with Crippen molar-refractivity contribution >= 4 is 33.7 Å². The minimum atomic E-state index is -1.08. The van der Waals surface area contributed by atoms with E-state index in [9.17, 15) is 18.4 Å². The van der Waals surface area contributed by atoms with Crippen LogP contribution in [-0.2, 0) is 4.79 Å². The molecule has 1 amide bonds. The van der Waals surface area contributed by atoms with Gasteiger partial charge in [-0.25, -0.2) is 8.78 Å². The summed E-state index contributed by atoms with van der Waals surface area (Å²) in [4.78, 5) is 25.4. The molecule has 0 spiro atoms. The summed E-state index contributed by atoms with van der Waals surface area (Å²) in [5.41, 5.74) is 0.647. The molecule has 0 fully saturated rings. The zero-order valence-corrected chi connectivity index (χ0v) is 17.8. The van der Waals surface area contributed by atoms with Crippen LogP contribution in [-0.4, -0.2) is 43.9 Å². The number of benzene rings is 2. The van der Waals surface area contributed by atoms with Crippen LogP contribution in [0.15, 0.2) is 40.9 Å². The SMILES string of the molecule is CCOc1cc(/C=C/C(=O)c2ccc(F)c(F)c2)cc(Br)c1OCC(=O)N(C)C. The Balaban J connectivity index is 2.24. The highest BCUT2D eigenvalue weighted by molar-refractivity contribution is 9.10. The predicted octanol–water partition coefficient (Wildman–Crippen LogP) is 4.49. The van der Waals surface area contributed by atoms with E-state index in [1.807, 2.05) is 0 Å². The number of ether oxygens (including phenoxy) is 2. The topological polar surface area (TPSA) is 55.8 Å². The molecule has 0 radical (unpaired) electrons. The Morgan fingerprint density at radius 2 is 1.83 bits per heavy atom. The lowest BCUT2D eigenvalue weighted by Crippen LogP contribution is -2.27. The van der Waals surface area contributed by atoms with Crippen LogP contribution < -0.4 is 9.47 Å². The lowest BCUT2D eigenvalue weighted by atomic mass is 10.1. The van der Waals surface area contributed by atoms with Crippen LogP contribution in [0.3, 0.4) is 0 Å². The Kier molecular flexibility index (Phi) is 7.90. The maximum Gasteiger partial charge on any atom is 0.259 e. The highest BCUT2D eigenvalue weighted by Crippen LogP contribution is 2.37. The van der Waals surface area contributed by atoms with Crippen molar-refractivity contribution in [3.63, 3.8) is 0 Å². The Morgan fingerprint density at radius 3 is 2.45 bits per heavy atom. The first-order chi connectivity index (χ1) is 13.7. The Hall–Kier alpha value is -2.74. The van der Waals surface area contributed by atoms with Crippen LogP contribution in [0.4, 0.5) is 8.78 Å². The molecule has 0 aliphatic rings. The van der Waals surface area contributed by atoms with Crippen LogP contribution in [0.2, 0.25) is 0 Å². The number of allylic oxidation sites excluding steroid dienone is 1. The molecule has 29 heavy (non-hydrogen) atoms. The standard InChI is InChI=1S/C21H20BrF2NO4/c1-4-28-19-10-13(9-15(22)21(19)29-12-20(27)25(2)3)5-8-18(26)14-6-7-16(23)17(24)11-14/h5-11H,4,12H2,1-3H3/b8-5+. The number of halogens is 3. The molecule has 0 saturated carbocycles. The second-order valence-corrected chi connectivity index (χ2v) is 7.02. The number of likely N-dealkylation sites (N-methyl/N-ethyl adjacent to an activating group) is 1. The number of rotatable bonds is 8. The summed E-state index contributed by atoms with van der Waals surface area (Å²) >= 11 is 3.38. The molecule has 0 bridgehead atoms. The van der Waals surface area contributed by atoms with Gasteiger partial charge in [0.25, 0.3) is 5.91 Å². The summed E-state index contributed by atoms with van der Waals surface area (Å²) in [6.45, 7) is 2.01. The van der Waals surface area contributed by atoms with Crippen LogP contribution >= 0.6 is 15.9 Å². The van der Waals surface area contributed by atoms with Crippen molar-refractivity contribution in [3.8, 4) is 11.5 Å². The van der Waals surface area contributed by atoms with E-state index in [0.717, 1.165) is 12.1 Å². The van der Waals surface area contributed by atoms with Crippen molar-refractivity contribution in [1.29, 1.82) is 0 Å². The van der Waals surface area contributed by atoms with Gasteiger partial charge in [0, 0.05) is 19.7 Å². The van der Waals surface area contributed by atoms with E-state index in [1.165, 1.54) is 23.1 Å². The van der Waals surface area contributed by atoms with E-state index < -0.39 is 17.4 Å². The maximum atomic E-state index is 13.3. The predicted molar refractivity (Wildman–Crippen MR) is 109 cm³/mol. The molecule has 0 aromatic heterocycles. The molecule has 0 saturated heterocycles. The molecule has 0 heterocycles. The summed E-state index contributed by atoms with van der Waals surface area (Å²) < 4.78 is 38.0. The molecule has 154 valence electrons. The van der Waals surface area contributed by atoms with E-state index in [1.54, 1.807) is 33.2 Å². The second-order valence-electron chi connectivity index (χ2n) is 6.17. The second kappa shape index (κ2) is 10.2. The molecule has 0 N–H and O–H groups in total. The Bertz CT molecular complexity index is 945. The first-order valence-electron chi connectivity index (χ1n) is 8.69. The van der Waals surface area contributed by atoms with E-state index in [2.05, 4.69) is 15.9 Å². The molecule has 2 rings (SSSR count). The van der Waals surface area contributed by atoms with Crippen molar-refractivity contribution < 1.29 is 27.8 Å². The van der Waals surface area contributed by atoms with Crippen molar-refractivity contribution in [2.75, 3.05) is 27.3 Å². The first-order valence-corrected chi connectivity index (χ1v) is 9.49. The van der Waals surface area contributed by atoms with Gasteiger partial charge >= 0.3 is 0 Å². The van der Waals surface area contributed by atoms with Crippen molar-refractivity contribution in [1.82, 2.24) is 4.90 Å². The first kappa shape index (κ1) is 22.5. The van der Waals surface area contributed by atoms with Crippen molar-refractivity contribution in [3.05, 3.63) is 63.6 Å². The third kappa shape index (κ3) is 6.12. The summed E-state index contributed by atoms with van der Waals surface area (Å²) in [5, 5.41) is 0. The zero-order valence-electron chi connectivity index (χ0n) is 16.2. The highest BCUT2D eigenvalue weighted by Gasteiger charge is 2.14. The van der Waals surface area contributed by atoms with Crippen LogP contribution in [0.25, 0.3) is 6.08 Å². The third-order valence-corrected chi connectivity index (χ3v) is 4.39. The summed E-state index contributed by atoms with van der Waals surface area (Å²) in [6.07, 6.45) is 2.77. The molecule has 2 aromatic carbocycles.